The molecule has 138 valence electrons. The summed E-state index contributed by atoms with van der Waals surface area (Å²) in [6.07, 6.45) is 1.64. The molecule has 1 fully saturated rings. The SMILES string of the molecule is O=C(Nc1cccc(Cl)c1)N1CCCC1c1nc(-c2ccc(Cl)cc2)no1. The van der Waals surface area contributed by atoms with Gasteiger partial charge in [-0.2, -0.15) is 4.98 Å². The Bertz CT molecular complexity index is 958. The molecule has 3 aromatic rings. The van der Waals surface area contributed by atoms with Crippen molar-refractivity contribution in [3.63, 3.8) is 0 Å². The van der Waals surface area contributed by atoms with E-state index in [0.717, 1.165) is 18.4 Å². The van der Waals surface area contributed by atoms with E-state index in [2.05, 4.69) is 15.5 Å². The van der Waals surface area contributed by atoms with Gasteiger partial charge < -0.3 is 14.7 Å². The lowest BCUT2D eigenvalue weighted by molar-refractivity contribution is 0.193. The van der Waals surface area contributed by atoms with Crippen molar-refractivity contribution in [2.45, 2.75) is 18.9 Å². The first-order valence-corrected chi connectivity index (χ1v) is 9.28. The van der Waals surface area contributed by atoms with Gasteiger partial charge in [-0.1, -0.05) is 34.4 Å². The van der Waals surface area contributed by atoms with Crippen LogP contribution in [0.15, 0.2) is 53.1 Å². The molecule has 4 rings (SSSR count). The number of rotatable bonds is 3. The monoisotopic (exact) mass is 402 g/mol. The Kier molecular flexibility index (Phi) is 5.01. The number of carbonyl (C=O) groups is 1. The number of likely N-dealkylation sites (tertiary alicyclic amines) is 1. The molecule has 27 heavy (non-hydrogen) atoms. The van der Waals surface area contributed by atoms with Crippen molar-refractivity contribution in [2.24, 2.45) is 0 Å². The van der Waals surface area contributed by atoms with Crippen molar-refractivity contribution in [3.05, 3.63) is 64.5 Å². The minimum Gasteiger partial charge on any atom is -0.337 e. The van der Waals surface area contributed by atoms with Crippen LogP contribution in [0.2, 0.25) is 10.0 Å². The Morgan fingerprint density at radius 1 is 1.15 bits per heavy atom. The molecule has 2 aromatic carbocycles. The first-order valence-electron chi connectivity index (χ1n) is 8.53. The normalized spacial score (nSPS) is 16.5. The van der Waals surface area contributed by atoms with E-state index >= 15 is 0 Å². The van der Waals surface area contributed by atoms with Crippen molar-refractivity contribution < 1.29 is 9.32 Å². The van der Waals surface area contributed by atoms with Gasteiger partial charge in [0.25, 0.3) is 0 Å². The van der Waals surface area contributed by atoms with Crippen molar-refractivity contribution in [1.29, 1.82) is 0 Å². The van der Waals surface area contributed by atoms with Crippen LogP contribution in [0.5, 0.6) is 0 Å². The van der Waals surface area contributed by atoms with Crippen LogP contribution in [-0.4, -0.2) is 27.6 Å². The minimum absolute atomic E-state index is 0.217. The van der Waals surface area contributed by atoms with Gasteiger partial charge in [0.05, 0.1) is 0 Å². The third-order valence-corrected chi connectivity index (χ3v) is 4.91. The molecule has 8 heteroatoms. The lowest BCUT2D eigenvalue weighted by Crippen LogP contribution is -2.34. The largest absolute Gasteiger partial charge is 0.337 e. The first-order chi connectivity index (χ1) is 13.1. The minimum atomic E-state index is -0.252. The number of amides is 2. The van der Waals surface area contributed by atoms with Crippen LogP contribution in [0, 0.1) is 0 Å². The molecule has 1 saturated heterocycles. The maximum atomic E-state index is 12.7. The van der Waals surface area contributed by atoms with Gasteiger partial charge in [0.15, 0.2) is 0 Å². The Morgan fingerprint density at radius 2 is 1.96 bits per heavy atom. The second-order valence-corrected chi connectivity index (χ2v) is 7.13. The van der Waals surface area contributed by atoms with Crippen molar-refractivity contribution in [1.82, 2.24) is 15.0 Å². The predicted molar refractivity (Wildman–Crippen MR) is 104 cm³/mol. The fourth-order valence-corrected chi connectivity index (χ4v) is 3.43. The van der Waals surface area contributed by atoms with Gasteiger partial charge in [-0.3, -0.25) is 0 Å². The average Bonchev–Trinajstić information content (AvgIpc) is 3.31. The van der Waals surface area contributed by atoms with Crippen LogP contribution in [0.1, 0.15) is 24.8 Å². The highest BCUT2D eigenvalue weighted by Gasteiger charge is 2.34. The van der Waals surface area contributed by atoms with Crippen LogP contribution in [0.25, 0.3) is 11.4 Å². The zero-order valence-electron chi connectivity index (χ0n) is 14.2. The quantitative estimate of drug-likeness (QED) is 0.635. The van der Waals surface area contributed by atoms with Gasteiger partial charge in [-0.15, -0.1) is 0 Å². The van der Waals surface area contributed by atoms with Gasteiger partial charge in [-0.05, 0) is 55.3 Å². The molecule has 1 aromatic heterocycles. The maximum Gasteiger partial charge on any atom is 0.322 e. The summed E-state index contributed by atoms with van der Waals surface area (Å²) < 4.78 is 5.45. The molecular weight excluding hydrogens is 387 g/mol. The molecule has 0 radical (unpaired) electrons. The number of nitrogens with zero attached hydrogens (tertiary/aromatic N) is 3. The molecule has 2 heterocycles. The van der Waals surface area contributed by atoms with Crippen LogP contribution < -0.4 is 5.32 Å². The first kappa shape index (κ1) is 17.8. The summed E-state index contributed by atoms with van der Waals surface area (Å²) in [4.78, 5) is 18.9. The summed E-state index contributed by atoms with van der Waals surface area (Å²) in [6, 6.07) is 13.8. The van der Waals surface area contributed by atoms with Crippen LogP contribution in [0.4, 0.5) is 10.5 Å². The second-order valence-electron chi connectivity index (χ2n) is 6.26. The van der Waals surface area contributed by atoms with E-state index in [1.165, 1.54) is 0 Å². The lowest BCUT2D eigenvalue weighted by Gasteiger charge is -2.22. The highest BCUT2D eigenvalue weighted by molar-refractivity contribution is 6.31. The predicted octanol–water partition coefficient (Wildman–Crippen LogP) is 5.41. The Morgan fingerprint density at radius 3 is 2.74 bits per heavy atom. The molecule has 1 aliphatic rings. The number of urea groups is 1. The molecule has 1 atom stereocenters. The fraction of sp³-hybridized carbons (Fsp3) is 0.211. The summed E-state index contributed by atoms with van der Waals surface area (Å²) in [5.41, 5.74) is 1.45. The number of aromatic nitrogens is 2. The van der Waals surface area contributed by atoms with Crippen molar-refractivity contribution in [2.75, 3.05) is 11.9 Å². The van der Waals surface area contributed by atoms with Crippen molar-refractivity contribution >= 4 is 34.9 Å². The Labute approximate surface area is 166 Å². The van der Waals surface area contributed by atoms with Crippen molar-refractivity contribution in [3.8, 4) is 11.4 Å². The molecular formula is C19H16Cl2N4O2. The van der Waals surface area contributed by atoms with E-state index in [9.17, 15) is 4.79 Å². The fourth-order valence-electron chi connectivity index (χ4n) is 3.11. The number of hydrogen-bond acceptors (Lipinski definition) is 4. The molecule has 0 aliphatic carbocycles. The van der Waals surface area contributed by atoms with E-state index in [-0.39, 0.29) is 12.1 Å². The zero-order chi connectivity index (χ0) is 18.8. The van der Waals surface area contributed by atoms with Gasteiger partial charge in [0.1, 0.15) is 6.04 Å². The van der Waals surface area contributed by atoms with Gasteiger partial charge in [0.2, 0.25) is 11.7 Å². The summed E-state index contributed by atoms with van der Waals surface area (Å²) in [5, 5.41) is 8.12. The third kappa shape index (κ3) is 3.91. The van der Waals surface area contributed by atoms with Gasteiger partial charge >= 0.3 is 6.03 Å². The topological polar surface area (TPSA) is 71.3 Å². The highest BCUT2D eigenvalue weighted by atomic mass is 35.5. The molecule has 1 aliphatic heterocycles. The average molecular weight is 403 g/mol. The van der Waals surface area contributed by atoms with Gasteiger partial charge in [0, 0.05) is 27.8 Å². The van der Waals surface area contributed by atoms with E-state index in [1.807, 2.05) is 12.1 Å². The standard InChI is InChI=1S/C19H16Cl2N4O2/c20-13-8-6-12(7-9-13)17-23-18(27-24-17)16-5-2-10-25(16)19(26)22-15-4-1-3-14(21)11-15/h1,3-4,6-9,11,16H,2,5,10H2,(H,22,26). The summed E-state index contributed by atoms with van der Waals surface area (Å²) in [5.74, 6) is 0.905. The molecule has 1 N–H and O–H groups in total. The number of benzene rings is 2. The summed E-state index contributed by atoms with van der Waals surface area (Å²) in [7, 11) is 0. The second kappa shape index (κ2) is 7.58. The third-order valence-electron chi connectivity index (χ3n) is 4.42. The highest BCUT2D eigenvalue weighted by Crippen LogP contribution is 2.32. The number of carbonyl (C=O) groups excluding carboxylic acids is 1. The smallest absolute Gasteiger partial charge is 0.322 e. The lowest BCUT2D eigenvalue weighted by atomic mass is 10.2. The number of halogens is 2. The molecule has 0 spiro atoms. The number of anilines is 1. The van der Waals surface area contributed by atoms with E-state index in [0.29, 0.717) is 34.0 Å². The Balaban J connectivity index is 1.51. The molecule has 0 saturated carbocycles. The Hall–Kier alpha value is -2.57. The van der Waals surface area contributed by atoms with Crippen LogP contribution in [-0.2, 0) is 0 Å². The zero-order valence-corrected chi connectivity index (χ0v) is 15.7. The summed E-state index contributed by atoms with van der Waals surface area (Å²) >= 11 is 11.9. The molecule has 6 nitrogen and oxygen atoms in total. The number of hydrogen-bond donors (Lipinski definition) is 1. The summed E-state index contributed by atoms with van der Waals surface area (Å²) in [6.45, 7) is 0.621. The number of nitrogens with one attached hydrogen (secondary N) is 1. The van der Waals surface area contributed by atoms with E-state index in [4.69, 9.17) is 27.7 Å². The van der Waals surface area contributed by atoms with E-state index < -0.39 is 0 Å². The molecule has 0 bridgehead atoms. The maximum absolute atomic E-state index is 12.7. The molecule has 1 unspecified atom stereocenters. The molecule has 2 amide bonds. The van der Waals surface area contributed by atoms with Gasteiger partial charge in [-0.25, -0.2) is 4.79 Å². The van der Waals surface area contributed by atoms with Crippen LogP contribution in [0.3, 0.4) is 0 Å². The van der Waals surface area contributed by atoms with E-state index in [1.54, 1.807) is 41.3 Å². The van der Waals surface area contributed by atoms with Crippen LogP contribution >= 0.6 is 23.2 Å².